The van der Waals surface area contributed by atoms with E-state index in [9.17, 15) is 0 Å². The molecule has 1 fully saturated rings. The van der Waals surface area contributed by atoms with Crippen LogP contribution in [0.5, 0.6) is 0 Å². The predicted octanol–water partition coefficient (Wildman–Crippen LogP) is 2.39. The minimum absolute atomic E-state index is 0.555. The number of halogens is 1. The van der Waals surface area contributed by atoms with Crippen LogP contribution in [0.4, 0.5) is 0 Å². The Morgan fingerprint density at radius 2 is 2.25 bits per heavy atom. The molecule has 2 aliphatic heterocycles. The second-order valence-electron chi connectivity index (χ2n) is 3.53. The number of hydrogen-bond donors (Lipinski definition) is 0. The summed E-state index contributed by atoms with van der Waals surface area (Å²) in [7, 11) is 0. The predicted molar refractivity (Wildman–Crippen MR) is 54.8 cm³/mol. The van der Waals surface area contributed by atoms with Crippen LogP contribution in [-0.2, 0) is 0 Å². The average molecular weight is 231 g/mol. The van der Waals surface area contributed by atoms with E-state index in [0.717, 1.165) is 6.54 Å². The maximum absolute atomic E-state index is 4.57. The summed E-state index contributed by atoms with van der Waals surface area (Å²) in [6.07, 6.45) is 6.36. The molecule has 1 atom stereocenters. The molecule has 0 aliphatic carbocycles. The molecule has 1 unspecified atom stereocenters. The standard InChI is InChI=1S/C9H15BrN2/c10-8-4-1-2-5-9-11-6-3-7-12(8)9/h8H,1-7H2. The van der Waals surface area contributed by atoms with E-state index in [2.05, 4.69) is 25.8 Å². The lowest BCUT2D eigenvalue weighted by Crippen LogP contribution is -2.39. The van der Waals surface area contributed by atoms with Crippen LogP contribution in [0.2, 0.25) is 0 Å². The first-order valence-corrected chi connectivity index (χ1v) is 5.73. The first-order chi connectivity index (χ1) is 5.88. The molecule has 0 amide bonds. The van der Waals surface area contributed by atoms with Crippen LogP contribution in [0.3, 0.4) is 0 Å². The third-order valence-corrected chi connectivity index (χ3v) is 3.57. The van der Waals surface area contributed by atoms with Crippen molar-refractivity contribution in [3.05, 3.63) is 0 Å². The van der Waals surface area contributed by atoms with E-state index in [1.807, 2.05) is 0 Å². The zero-order valence-corrected chi connectivity index (χ0v) is 8.89. The Morgan fingerprint density at radius 3 is 3.17 bits per heavy atom. The van der Waals surface area contributed by atoms with Crippen molar-refractivity contribution in [2.45, 2.75) is 37.1 Å². The zero-order chi connectivity index (χ0) is 8.39. The van der Waals surface area contributed by atoms with E-state index in [-0.39, 0.29) is 0 Å². The maximum atomic E-state index is 4.57. The highest BCUT2D eigenvalue weighted by atomic mass is 79.9. The number of nitrogens with zero attached hydrogens (tertiary/aromatic N) is 2. The fraction of sp³-hybridized carbons (Fsp3) is 0.889. The quantitative estimate of drug-likeness (QED) is 0.461. The minimum Gasteiger partial charge on any atom is -0.348 e. The van der Waals surface area contributed by atoms with Gasteiger partial charge in [0.1, 0.15) is 0 Å². The van der Waals surface area contributed by atoms with Crippen LogP contribution >= 0.6 is 15.9 Å². The monoisotopic (exact) mass is 230 g/mol. The molecule has 2 rings (SSSR count). The van der Waals surface area contributed by atoms with Gasteiger partial charge in [0, 0.05) is 19.5 Å². The molecule has 2 heterocycles. The van der Waals surface area contributed by atoms with Gasteiger partial charge in [-0.05, 0) is 19.3 Å². The third-order valence-electron chi connectivity index (χ3n) is 2.61. The minimum atomic E-state index is 0.555. The van der Waals surface area contributed by atoms with Crippen molar-refractivity contribution in [3.8, 4) is 0 Å². The highest BCUT2D eigenvalue weighted by molar-refractivity contribution is 9.09. The lowest BCUT2D eigenvalue weighted by atomic mass is 10.2. The van der Waals surface area contributed by atoms with Crippen molar-refractivity contribution in [1.82, 2.24) is 4.90 Å². The molecule has 12 heavy (non-hydrogen) atoms. The van der Waals surface area contributed by atoms with Gasteiger partial charge in [-0.15, -0.1) is 0 Å². The van der Waals surface area contributed by atoms with E-state index in [1.54, 1.807) is 0 Å². The van der Waals surface area contributed by atoms with Crippen molar-refractivity contribution in [2.24, 2.45) is 4.99 Å². The highest BCUT2D eigenvalue weighted by Crippen LogP contribution is 2.24. The summed E-state index contributed by atoms with van der Waals surface area (Å²) < 4.78 is 0. The van der Waals surface area contributed by atoms with E-state index < -0.39 is 0 Å². The van der Waals surface area contributed by atoms with E-state index in [0.29, 0.717) is 4.95 Å². The second-order valence-corrected chi connectivity index (χ2v) is 4.58. The molecule has 0 saturated carbocycles. The first-order valence-electron chi connectivity index (χ1n) is 4.82. The molecule has 0 N–H and O–H groups in total. The van der Waals surface area contributed by atoms with Crippen LogP contribution in [0.15, 0.2) is 4.99 Å². The number of rotatable bonds is 0. The molecule has 0 aromatic heterocycles. The van der Waals surface area contributed by atoms with Crippen molar-refractivity contribution in [1.29, 1.82) is 0 Å². The summed E-state index contributed by atoms with van der Waals surface area (Å²) in [5, 5.41) is 0. The SMILES string of the molecule is BrC1CCCCC2=NCCCN21. The van der Waals surface area contributed by atoms with Crippen LogP contribution in [0, 0.1) is 0 Å². The number of alkyl halides is 1. The third kappa shape index (κ3) is 1.65. The molecule has 1 saturated heterocycles. The van der Waals surface area contributed by atoms with E-state index in [1.165, 1.54) is 44.5 Å². The van der Waals surface area contributed by atoms with Gasteiger partial charge in [0.25, 0.3) is 0 Å². The smallest absolute Gasteiger partial charge is 0.0998 e. The Kier molecular flexibility index (Phi) is 2.69. The van der Waals surface area contributed by atoms with Gasteiger partial charge in [0.05, 0.1) is 10.8 Å². The van der Waals surface area contributed by atoms with E-state index >= 15 is 0 Å². The molecule has 68 valence electrons. The molecular formula is C9H15BrN2. The Balaban J connectivity index is 2.14. The lowest BCUT2D eigenvalue weighted by molar-refractivity contribution is 0.369. The van der Waals surface area contributed by atoms with Crippen molar-refractivity contribution in [2.75, 3.05) is 13.1 Å². The van der Waals surface area contributed by atoms with Gasteiger partial charge in [-0.2, -0.15) is 0 Å². The van der Waals surface area contributed by atoms with E-state index in [4.69, 9.17) is 0 Å². The molecule has 0 spiro atoms. The summed E-state index contributed by atoms with van der Waals surface area (Å²) in [4.78, 5) is 7.57. The van der Waals surface area contributed by atoms with Gasteiger partial charge >= 0.3 is 0 Å². The van der Waals surface area contributed by atoms with Crippen molar-refractivity contribution >= 4 is 21.8 Å². The lowest BCUT2D eigenvalue weighted by Gasteiger charge is -2.31. The molecule has 2 nitrogen and oxygen atoms in total. The summed E-state index contributed by atoms with van der Waals surface area (Å²) in [6.45, 7) is 2.25. The Hall–Kier alpha value is -0.0500. The number of hydrogen-bond acceptors (Lipinski definition) is 2. The van der Waals surface area contributed by atoms with Crippen LogP contribution in [-0.4, -0.2) is 28.8 Å². The van der Waals surface area contributed by atoms with Crippen LogP contribution < -0.4 is 0 Å². The normalized spacial score (nSPS) is 30.6. The second kappa shape index (κ2) is 3.77. The fourth-order valence-corrected chi connectivity index (χ4v) is 2.71. The number of fused-ring (bicyclic) bond motifs is 1. The fourth-order valence-electron chi connectivity index (χ4n) is 1.95. The topological polar surface area (TPSA) is 15.6 Å². The Morgan fingerprint density at radius 1 is 1.33 bits per heavy atom. The summed E-state index contributed by atoms with van der Waals surface area (Å²) in [5.74, 6) is 1.35. The van der Waals surface area contributed by atoms with Gasteiger partial charge in [0.2, 0.25) is 0 Å². The van der Waals surface area contributed by atoms with Crippen LogP contribution in [0.1, 0.15) is 32.1 Å². The molecule has 0 bridgehead atoms. The Labute approximate surface area is 82.2 Å². The molecular weight excluding hydrogens is 216 g/mol. The molecule has 0 aromatic carbocycles. The first kappa shape index (κ1) is 8.54. The summed E-state index contributed by atoms with van der Waals surface area (Å²) in [6, 6.07) is 0. The van der Waals surface area contributed by atoms with Gasteiger partial charge in [-0.25, -0.2) is 0 Å². The van der Waals surface area contributed by atoms with Crippen molar-refractivity contribution < 1.29 is 0 Å². The van der Waals surface area contributed by atoms with Crippen LogP contribution in [0.25, 0.3) is 0 Å². The molecule has 3 heteroatoms. The van der Waals surface area contributed by atoms with Gasteiger partial charge in [-0.1, -0.05) is 22.4 Å². The van der Waals surface area contributed by atoms with Gasteiger partial charge in [0.15, 0.2) is 0 Å². The molecule has 2 aliphatic rings. The molecule has 0 radical (unpaired) electrons. The van der Waals surface area contributed by atoms with Gasteiger partial charge < -0.3 is 4.90 Å². The zero-order valence-electron chi connectivity index (χ0n) is 7.30. The van der Waals surface area contributed by atoms with Gasteiger partial charge in [-0.3, -0.25) is 4.99 Å². The van der Waals surface area contributed by atoms with Crippen molar-refractivity contribution in [3.63, 3.8) is 0 Å². The maximum Gasteiger partial charge on any atom is 0.0998 e. The highest BCUT2D eigenvalue weighted by Gasteiger charge is 2.23. The molecule has 0 aromatic rings. The Bertz CT molecular complexity index is 191. The number of aliphatic imine (C=N–C) groups is 1. The summed E-state index contributed by atoms with van der Waals surface area (Å²) in [5.41, 5.74) is 0. The largest absolute Gasteiger partial charge is 0.348 e. The summed E-state index contributed by atoms with van der Waals surface area (Å²) >= 11 is 3.73. The number of amidine groups is 1. The average Bonchev–Trinajstić information content (AvgIpc) is 2.29.